The van der Waals surface area contributed by atoms with Gasteiger partial charge >= 0.3 is 0 Å². The van der Waals surface area contributed by atoms with E-state index in [9.17, 15) is 4.79 Å². The summed E-state index contributed by atoms with van der Waals surface area (Å²) in [6, 6.07) is 11.1. The Morgan fingerprint density at radius 2 is 2.26 bits per heavy atom. The van der Waals surface area contributed by atoms with Crippen molar-refractivity contribution in [3.8, 4) is 5.75 Å². The second kappa shape index (κ2) is 6.44. The molecule has 0 saturated heterocycles. The third kappa shape index (κ3) is 4.03. The Kier molecular flexibility index (Phi) is 4.39. The maximum atomic E-state index is 11.6. The predicted octanol–water partition coefficient (Wildman–Crippen LogP) is 2.62. The Morgan fingerprint density at radius 1 is 1.37 bits per heavy atom. The summed E-state index contributed by atoms with van der Waals surface area (Å²) < 4.78 is 10.2. The van der Waals surface area contributed by atoms with Crippen molar-refractivity contribution < 1.29 is 13.9 Å². The summed E-state index contributed by atoms with van der Waals surface area (Å²) in [7, 11) is 1.61. The van der Waals surface area contributed by atoms with Crippen molar-refractivity contribution in [2.24, 2.45) is 0 Å². The molecule has 1 heterocycles. The SMILES string of the molecule is COc1cccc(CNC(=O)/C=C/c2ccco2)c1. The first kappa shape index (κ1) is 13.0. The molecule has 0 aliphatic carbocycles. The lowest BCUT2D eigenvalue weighted by molar-refractivity contribution is -0.116. The summed E-state index contributed by atoms with van der Waals surface area (Å²) in [5.74, 6) is 1.26. The Balaban J connectivity index is 1.86. The van der Waals surface area contributed by atoms with Crippen LogP contribution in [0.2, 0.25) is 0 Å². The van der Waals surface area contributed by atoms with E-state index in [1.807, 2.05) is 24.3 Å². The summed E-state index contributed by atoms with van der Waals surface area (Å²) in [6.45, 7) is 0.457. The first-order valence-corrected chi connectivity index (χ1v) is 5.90. The van der Waals surface area contributed by atoms with Gasteiger partial charge in [-0.3, -0.25) is 4.79 Å². The number of nitrogens with one attached hydrogen (secondary N) is 1. The van der Waals surface area contributed by atoms with Crippen LogP contribution in [0.4, 0.5) is 0 Å². The van der Waals surface area contributed by atoms with Crippen molar-refractivity contribution in [2.75, 3.05) is 7.11 Å². The highest BCUT2D eigenvalue weighted by molar-refractivity contribution is 5.91. The van der Waals surface area contributed by atoms with E-state index in [0.717, 1.165) is 11.3 Å². The molecule has 2 rings (SSSR count). The number of furan rings is 1. The molecule has 4 nitrogen and oxygen atoms in total. The number of amides is 1. The first-order valence-electron chi connectivity index (χ1n) is 5.90. The molecule has 0 aliphatic rings. The lowest BCUT2D eigenvalue weighted by Gasteiger charge is -2.04. The number of carbonyl (C=O) groups excluding carboxylic acids is 1. The average molecular weight is 257 g/mol. The van der Waals surface area contributed by atoms with E-state index in [1.165, 1.54) is 6.08 Å². The molecular weight excluding hydrogens is 242 g/mol. The lowest BCUT2D eigenvalue weighted by atomic mass is 10.2. The van der Waals surface area contributed by atoms with Crippen LogP contribution in [0, 0.1) is 0 Å². The fourth-order valence-electron chi connectivity index (χ4n) is 1.57. The molecule has 0 unspecified atom stereocenters. The molecule has 2 aromatic rings. The third-order valence-electron chi connectivity index (χ3n) is 2.54. The zero-order valence-electron chi connectivity index (χ0n) is 10.6. The van der Waals surface area contributed by atoms with Crippen molar-refractivity contribution in [2.45, 2.75) is 6.54 Å². The molecule has 4 heteroatoms. The van der Waals surface area contributed by atoms with Crippen LogP contribution >= 0.6 is 0 Å². The minimum atomic E-state index is -0.167. The van der Waals surface area contributed by atoms with Crippen LogP contribution in [0.1, 0.15) is 11.3 Å². The van der Waals surface area contributed by atoms with Gasteiger partial charge in [0.05, 0.1) is 13.4 Å². The zero-order valence-corrected chi connectivity index (χ0v) is 10.6. The van der Waals surface area contributed by atoms with Crippen molar-refractivity contribution in [3.05, 3.63) is 60.1 Å². The summed E-state index contributed by atoms with van der Waals surface area (Å²) in [5.41, 5.74) is 0.985. The van der Waals surface area contributed by atoms with Crippen molar-refractivity contribution >= 4 is 12.0 Å². The van der Waals surface area contributed by atoms with E-state index in [4.69, 9.17) is 9.15 Å². The van der Waals surface area contributed by atoms with Crippen LogP contribution in [-0.4, -0.2) is 13.0 Å². The summed E-state index contributed by atoms with van der Waals surface area (Å²) >= 11 is 0. The average Bonchev–Trinajstić information content (AvgIpc) is 2.96. The van der Waals surface area contributed by atoms with Crippen molar-refractivity contribution in [3.63, 3.8) is 0 Å². The lowest BCUT2D eigenvalue weighted by Crippen LogP contribution is -2.20. The van der Waals surface area contributed by atoms with E-state index in [0.29, 0.717) is 12.3 Å². The van der Waals surface area contributed by atoms with Gasteiger partial charge in [0.2, 0.25) is 5.91 Å². The topological polar surface area (TPSA) is 51.5 Å². The Labute approximate surface area is 111 Å². The number of ether oxygens (including phenoxy) is 1. The van der Waals surface area contributed by atoms with Gasteiger partial charge in [-0.15, -0.1) is 0 Å². The molecular formula is C15H15NO3. The number of benzene rings is 1. The number of hydrogen-bond acceptors (Lipinski definition) is 3. The largest absolute Gasteiger partial charge is 0.497 e. The van der Waals surface area contributed by atoms with E-state index < -0.39 is 0 Å². The van der Waals surface area contributed by atoms with E-state index in [2.05, 4.69) is 5.32 Å². The standard InChI is InChI=1S/C15H15NO3/c1-18-14-5-2-4-12(10-14)11-16-15(17)8-7-13-6-3-9-19-13/h2-10H,11H2,1H3,(H,16,17)/b8-7+. The normalized spacial score (nSPS) is 10.6. The number of hydrogen-bond donors (Lipinski definition) is 1. The zero-order chi connectivity index (χ0) is 13.5. The highest BCUT2D eigenvalue weighted by Crippen LogP contribution is 2.12. The monoisotopic (exact) mass is 257 g/mol. The van der Waals surface area contributed by atoms with Crippen LogP contribution in [-0.2, 0) is 11.3 Å². The molecule has 0 bridgehead atoms. The smallest absolute Gasteiger partial charge is 0.244 e. The molecule has 98 valence electrons. The predicted molar refractivity (Wildman–Crippen MR) is 72.6 cm³/mol. The van der Waals surface area contributed by atoms with Gasteiger partial charge in [-0.05, 0) is 35.9 Å². The van der Waals surface area contributed by atoms with Crippen LogP contribution in [0.25, 0.3) is 6.08 Å². The molecule has 0 spiro atoms. The number of methoxy groups -OCH3 is 1. The molecule has 19 heavy (non-hydrogen) atoms. The van der Waals surface area contributed by atoms with Crippen LogP contribution in [0.5, 0.6) is 5.75 Å². The van der Waals surface area contributed by atoms with Gasteiger partial charge in [-0.2, -0.15) is 0 Å². The molecule has 1 aromatic carbocycles. The minimum Gasteiger partial charge on any atom is -0.497 e. The molecule has 0 atom stereocenters. The summed E-state index contributed by atoms with van der Waals surface area (Å²) in [4.78, 5) is 11.6. The number of carbonyl (C=O) groups is 1. The molecule has 0 fully saturated rings. The maximum Gasteiger partial charge on any atom is 0.244 e. The van der Waals surface area contributed by atoms with E-state index in [-0.39, 0.29) is 5.91 Å². The second-order valence-corrected chi connectivity index (χ2v) is 3.92. The molecule has 0 aliphatic heterocycles. The quantitative estimate of drug-likeness (QED) is 0.838. The van der Waals surface area contributed by atoms with Gasteiger partial charge in [-0.1, -0.05) is 12.1 Å². The van der Waals surface area contributed by atoms with Crippen molar-refractivity contribution in [1.29, 1.82) is 0 Å². The molecule has 1 N–H and O–H groups in total. The van der Waals surface area contributed by atoms with Gasteiger partial charge in [0.1, 0.15) is 11.5 Å². The van der Waals surface area contributed by atoms with Gasteiger partial charge < -0.3 is 14.5 Å². The van der Waals surface area contributed by atoms with E-state index in [1.54, 1.807) is 31.6 Å². The van der Waals surface area contributed by atoms with Crippen LogP contribution in [0.15, 0.2) is 53.2 Å². The van der Waals surface area contributed by atoms with Crippen LogP contribution < -0.4 is 10.1 Å². The first-order chi connectivity index (χ1) is 9.28. The maximum absolute atomic E-state index is 11.6. The molecule has 1 aromatic heterocycles. The second-order valence-electron chi connectivity index (χ2n) is 3.92. The Morgan fingerprint density at radius 3 is 3.00 bits per heavy atom. The van der Waals surface area contributed by atoms with Gasteiger partial charge in [0.15, 0.2) is 0 Å². The van der Waals surface area contributed by atoms with E-state index >= 15 is 0 Å². The Hall–Kier alpha value is -2.49. The van der Waals surface area contributed by atoms with Gasteiger partial charge in [0.25, 0.3) is 0 Å². The summed E-state index contributed by atoms with van der Waals surface area (Å²) in [5, 5.41) is 2.79. The minimum absolute atomic E-state index is 0.167. The van der Waals surface area contributed by atoms with Gasteiger partial charge in [-0.25, -0.2) is 0 Å². The highest BCUT2D eigenvalue weighted by atomic mass is 16.5. The molecule has 0 radical (unpaired) electrons. The molecule has 0 saturated carbocycles. The summed E-state index contributed by atoms with van der Waals surface area (Å²) in [6.07, 6.45) is 4.63. The fourth-order valence-corrected chi connectivity index (χ4v) is 1.57. The molecule has 1 amide bonds. The van der Waals surface area contributed by atoms with Crippen molar-refractivity contribution in [1.82, 2.24) is 5.32 Å². The highest BCUT2D eigenvalue weighted by Gasteiger charge is 1.99. The fraction of sp³-hybridized carbons (Fsp3) is 0.133. The van der Waals surface area contributed by atoms with Gasteiger partial charge in [0, 0.05) is 12.6 Å². The third-order valence-corrected chi connectivity index (χ3v) is 2.54. The number of rotatable bonds is 5. The Bertz CT molecular complexity index is 559. The van der Waals surface area contributed by atoms with Crippen LogP contribution in [0.3, 0.4) is 0 Å².